The van der Waals surface area contributed by atoms with Crippen molar-refractivity contribution in [2.24, 2.45) is 0 Å². The van der Waals surface area contributed by atoms with Crippen LogP contribution in [0.2, 0.25) is 5.15 Å². The molecule has 1 rings (SSSR count). The van der Waals surface area contributed by atoms with Crippen LogP contribution >= 0.6 is 11.6 Å². The Bertz CT molecular complexity index is 368. The van der Waals surface area contributed by atoms with Crippen molar-refractivity contribution < 1.29 is 14.3 Å². The Hall–Kier alpha value is -1.36. The zero-order chi connectivity index (χ0) is 10.7. The molecule has 0 saturated carbocycles. The quantitative estimate of drug-likeness (QED) is 0.564. The van der Waals surface area contributed by atoms with Crippen LogP contribution in [-0.4, -0.2) is 30.0 Å². The molecule has 5 nitrogen and oxygen atoms in total. The van der Waals surface area contributed by atoms with Crippen molar-refractivity contribution in [1.82, 2.24) is 9.97 Å². The number of methoxy groups -OCH3 is 2. The first kappa shape index (κ1) is 10.7. The predicted molar refractivity (Wildman–Crippen MR) is 50.2 cm³/mol. The average Bonchev–Trinajstić information content (AvgIpc) is 2.15. The fourth-order valence-corrected chi connectivity index (χ4v) is 1.22. The summed E-state index contributed by atoms with van der Waals surface area (Å²) in [6, 6.07) is 0.0665. The fourth-order valence-electron chi connectivity index (χ4n) is 0.931. The van der Waals surface area contributed by atoms with Crippen molar-refractivity contribution in [3.8, 4) is 11.9 Å². The van der Waals surface area contributed by atoms with Gasteiger partial charge < -0.3 is 9.47 Å². The Balaban J connectivity index is 3.34. The van der Waals surface area contributed by atoms with Crippen molar-refractivity contribution in [2.75, 3.05) is 14.2 Å². The van der Waals surface area contributed by atoms with E-state index in [9.17, 15) is 4.79 Å². The summed E-state index contributed by atoms with van der Waals surface area (Å²) in [5, 5.41) is 0.0289. The van der Waals surface area contributed by atoms with Gasteiger partial charge in [-0.1, -0.05) is 11.6 Å². The van der Waals surface area contributed by atoms with Gasteiger partial charge in [-0.15, -0.1) is 0 Å². The first-order valence-corrected chi connectivity index (χ1v) is 4.14. The van der Waals surface area contributed by atoms with Gasteiger partial charge in [-0.25, -0.2) is 0 Å². The van der Waals surface area contributed by atoms with Gasteiger partial charge in [-0.05, 0) is 6.92 Å². The van der Waals surface area contributed by atoms with Crippen molar-refractivity contribution in [3.05, 3.63) is 10.7 Å². The summed E-state index contributed by atoms with van der Waals surface area (Å²) in [5.41, 5.74) is 0.162. The highest BCUT2D eigenvalue weighted by atomic mass is 35.5. The molecule has 76 valence electrons. The van der Waals surface area contributed by atoms with E-state index in [1.165, 1.54) is 21.1 Å². The number of hydrogen-bond donors (Lipinski definition) is 0. The molecule has 0 saturated heterocycles. The van der Waals surface area contributed by atoms with Gasteiger partial charge in [0.05, 0.1) is 14.2 Å². The number of carbonyl (C=O) groups is 1. The van der Waals surface area contributed by atoms with Crippen LogP contribution in [0.15, 0.2) is 0 Å². The molecule has 0 atom stereocenters. The van der Waals surface area contributed by atoms with E-state index < -0.39 is 0 Å². The zero-order valence-electron chi connectivity index (χ0n) is 8.00. The Labute approximate surface area is 86.0 Å². The molecule has 0 bridgehead atoms. The van der Waals surface area contributed by atoms with E-state index in [0.717, 1.165) is 0 Å². The third kappa shape index (κ3) is 1.93. The second-order valence-electron chi connectivity index (χ2n) is 2.44. The number of halogens is 1. The molecule has 0 spiro atoms. The van der Waals surface area contributed by atoms with E-state index in [1.54, 1.807) is 0 Å². The van der Waals surface area contributed by atoms with E-state index in [2.05, 4.69) is 9.97 Å². The standard InChI is InChI=1S/C8H9ClN2O3/c1-4(12)5-6(9)10-8(14-3)11-7(5)13-2/h1-3H3. The third-order valence-corrected chi connectivity index (χ3v) is 1.81. The van der Waals surface area contributed by atoms with Gasteiger partial charge in [-0.3, -0.25) is 4.79 Å². The molecule has 0 amide bonds. The molecule has 0 N–H and O–H groups in total. The Morgan fingerprint density at radius 2 is 1.93 bits per heavy atom. The largest absolute Gasteiger partial charge is 0.480 e. The van der Waals surface area contributed by atoms with Crippen LogP contribution in [0, 0.1) is 0 Å². The number of hydrogen-bond acceptors (Lipinski definition) is 5. The monoisotopic (exact) mass is 216 g/mol. The van der Waals surface area contributed by atoms with Crippen LogP contribution in [-0.2, 0) is 0 Å². The topological polar surface area (TPSA) is 61.3 Å². The van der Waals surface area contributed by atoms with Crippen LogP contribution in [0.5, 0.6) is 11.9 Å². The molecule has 0 aromatic carbocycles. The van der Waals surface area contributed by atoms with Crippen molar-refractivity contribution in [2.45, 2.75) is 6.92 Å². The lowest BCUT2D eigenvalue weighted by Crippen LogP contribution is -2.04. The Kier molecular flexibility index (Phi) is 3.24. The van der Waals surface area contributed by atoms with E-state index >= 15 is 0 Å². The fraction of sp³-hybridized carbons (Fsp3) is 0.375. The number of nitrogens with zero attached hydrogens (tertiary/aromatic N) is 2. The van der Waals surface area contributed by atoms with Gasteiger partial charge >= 0.3 is 6.01 Å². The minimum absolute atomic E-state index is 0.0289. The maximum Gasteiger partial charge on any atom is 0.320 e. The van der Waals surface area contributed by atoms with Crippen LogP contribution in [0.4, 0.5) is 0 Å². The van der Waals surface area contributed by atoms with E-state index in [0.29, 0.717) is 0 Å². The molecule has 0 unspecified atom stereocenters. The van der Waals surface area contributed by atoms with Crippen LogP contribution in [0.1, 0.15) is 17.3 Å². The second kappa shape index (κ2) is 4.23. The summed E-state index contributed by atoms with van der Waals surface area (Å²) < 4.78 is 9.67. The van der Waals surface area contributed by atoms with Crippen LogP contribution in [0.3, 0.4) is 0 Å². The van der Waals surface area contributed by atoms with Gasteiger partial charge in [0.15, 0.2) is 10.9 Å². The SMILES string of the molecule is COc1nc(Cl)c(C(C)=O)c(OC)n1. The van der Waals surface area contributed by atoms with Gasteiger partial charge in [0.1, 0.15) is 5.56 Å². The molecular formula is C8H9ClN2O3. The summed E-state index contributed by atoms with van der Waals surface area (Å²) in [7, 11) is 2.79. The lowest BCUT2D eigenvalue weighted by atomic mass is 10.2. The van der Waals surface area contributed by atoms with Crippen molar-refractivity contribution in [1.29, 1.82) is 0 Å². The average molecular weight is 217 g/mol. The number of rotatable bonds is 3. The normalized spacial score (nSPS) is 9.71. The maximum absolute atomic E-state index is 11.2. The number of Topliss-reactive ketones (excluding diaryl/α,β-unsaturated/α-hetero) is 1. The summed E-state index contributed by atoms with van der Waals surface area (Å²) in [5.74, 6) is -0.135. The Morgan fingerprint density at radius 1 is 1.29 bits per heavy atom. The number of ketones is 1. The lowest BCUT2D eigenvalue weighted by molar-refractivity contribution is 0.101. The van der Waals surface area contributed by atoms with Crippen LogP contribution in [0.25, 0.3) is 0 Å². The molecule has 1 aromatic rings. The van der Waals surface area contributed by atoms with Gasteiger partial charge in [0.25, 0.3) is 0 Å². The van der Waals surface area contributed by atoms with Crippen molar-refractivity contribution in [3.63, 3.8) is 0 Å². The lowest BCUT2D eigenvalue weighted by Gasteiger charge is -2.07. The second-order valence-corrected chi connectivity index (χ2v) is 2.80. The number of ether oxygens (including phenoxy) is 2. The highest BCUT2D eigenvalue weighted by Gasteiger charge is 2.17. The highest BCUT2D eigenvalue weighted by Crippen LogP contribution is 2.25. The third-order valence-electron chi connectivity index (χ3n) is 1.54. The van der Waals surface area contributed by atoms with Crippen LogP contribution < -0.4 is 9.47 Å². The zero-order valence-corrected chi connectivity index (χ0v) is 8.75. The minimum Gasteiger partial charge on any atom is -0.480 e. The molecule has 0 aliphatic rings. The Morgan fingerprint density at radius 3 is 2.36 bits per heavy atom. The molecule has 0 radical (unpaired) electrons. The van der Waals surface area contributed by atoms with E-state index in [-0.39, 0.29) is 28.4 Å². The minimum atomic E-state index is -0.255. The molecule has 6 heteroatoms. The van der Waals surface area contributed by atoms with Crippen molar-refractivity contribution >= 4 is 17.4 Å². The molecule has 1 aromatic heterocycles. The molecule has 1 heterocycles. The molecule has 14 heavy (non-hydrogen) atoms. The summed E-state index contributed by atoms with van der Waals surface area (Å²) in [6.07, 6.45) is 0. The molecule has 0 aliphatic carbocycles. The number of carbonyl (C=O) groups excluding carboxylic acids is 1. The van der Waals surface area contributed by atoms with E-state index in [1.807, 2.05) is 0 Å². The summed E-state index contributed by atoms with van der Waals surface area (Å²) in [6.45, 7) is 1.36. The van der Waals surface area contributed by atoms with E-state index in [4.69, 9.17) is 21.1 Å². The molecule has 0 aliphatic heterocycles. The highest BCUT2D eigenvalue weighted by molar-refractivity contribution is 6.33. The maximum atomic E-state index is 11.2. The molecular weight excluding hydrogens is 208 g/mol. The predicted octanol–water partition coefficient (Wildman–Crippen LogP) is 1.35. The van der Waals surface area contributed by atoms with Gasteiger partial charge in [0, 0.05) is 0 Å². The number of aromatic nitrogens is 2. The molecule has 0 fully saturated rings. The van der Waals surface area contributed by atoms with Gasteiger partial charge in [0.2, 0.25) is 5.88 Å². The van der Waals surface area contributed by atoms with Gasteiger partial charge in [-0.2, -0.15) is 9.97 Å². The first-order valence-electron chi connectivity index (χ1n) is 3.76. The first-order chi connectivity index (χ1) is 6.60. The summed E-state index contributed by atoms with van der Waals surface area (Å²) >= 11 is 5.76. The smallest absolute Gasteiger partial charge is 0.320 e. The summed E-state index contributed by atoms with van der Waals surface area (Å²) in [4.78, 5) is 18.7.